The van der Waals surface area contributed by atoms with E-state index in [0.717, 1.165) is 24.3 Å². The summed E-state index contributed by atoms with van der Waals surface area (Å²) in [5, 5.41) is 17.1. The number of carbonyl (C=O) groups is 1. The van der Waals surface area contributed by atoms with Gasteiger partial charge < -0.3 is 16.0 Å². The number of nitrogens with zero attached hydrogens (tertiary/aromatic N) is 3. The summed E-state index contributed by atoms with van der Waals surface area (Å²) in [5.74, 6) is 0.00981. The van der Waals surface area contributed by atoms with Crippen molar-refractivity contribution in [1.82, 2.24) is 20.3 Å². The van der Waals surface area contributed by atoms with Crippen molar-refractivity contribution in [2.24, 2.45) is 0 Å². The molecular weight excluding hydrogens is 268 g/mol. The lowest BCUT2D eigenvalue weighted by Gasteiger charge is -2.27. The summed E-state index contributed by atoms with van der Waals surface area (Å²) in [7, 11) is 0. The van der Waals surface area contributed by atoms with Crippen molar-refractivity contribution in [1.29, 1.82) is 0 Å². The van der Waals surface area contributed by atoms with Crippen molar-refractivity contribution >= 4 is 17.3 Å². The minimum atomic E-state index is -0.244. The molecule has 3 rings (SSSR count). The molecule has 1 amide bonds. The maximum absolute atomic E-state index is 12.1. The van der Waals surface area contributed by atoms with Crippen molar-refractivity contribution in [2.45, 2.75) is 19.0 Å². The molecule has 0 bridgehead atoms. The van der Waals surface area contributed by atoms with Gasteiger partial charge in [0.15, 0.2) is 0 Å². The molecule has 1 aliphatic rings. The van der Waals surface area contributed by atoms with Crippen molar-refractivity contribution < 1.29 is 4.79 Å². The largest absolute Gasteiger partial charge is 0.381 e. The molecule has 21 heavy (non-hydrogen) atoms. The zero-order chi connectivity index (χ0) is 14.5. The van der Waals surface area contributed by atoms with Crippen LogP contribution in [0.2, 0.25) is 0 Å². The number of amides is 1. The standard InChI is InChI=1S/C14H18N6O/c21-14(15-6-3-8-20-9-7-17-19-20)13-10-16-11-4-1-2-5-12(11)18-13/h1-2,4-5,7,9,13,16,18H,3,6,8,10H2,(H,15,21). The van der Waals surface area contributed by atoms with Crippen LogP contribution in [0.15, 0.2) is 36.7 Å². The van der Waals surface area contributed by atoms with E-state index in [0.29, 0.717) is 13.1 Å². The molecule has 0 spiro atoms. The quantitative estimate of drug-likeness (QED) is 0.704. The monoisotopic (exact) mass is 286 g/mol. The molecule has 0 saturated heterocycles. The number of fused-ring (bicyclic) bond motifs is 1. The van der Waals surface area contributed by atoms with Gasteiger partial charge in [0.2, 0.25) is 5.91 Å². The van der Waals surface area contributed by atoms with Crippen LogP contribution in [0.5, 0.6) is 0 Å². The van der Waals surface area contributed by atoms with Crippen molar-refractivity contribution in [2.75, 3.05) is 23.7 Å². The Balaban J connectivity index is 1.44. The lowest BCUT2D eigenvalue weighted by Crippen LogP contribution is -2.46. The molecule has 110 valence electrons. The second-order valence-electron chi connectivity index (χ2n) is 4.93. The van der Waals surface area contributed by atoms with Gasteiger partial charge in [-0.25, -0.2) is 0 Å². The van der Waals surface area contributed by atoms with E-state index in [1.165, 1.54) is 0 Å². The molecule has 1 aromatic carbocycles. The number of rotatable bonds is 5. The minimum absolute atomic E-state index is 0.00981. The minimum Gasteiger partial charge on any atom is -0.381 e. The molecule has 7 heteroatoms. The van der Waals surface area contributed by atoms with E-state index in [1.54, 1.807) is 10.9 Å². The van der Waals surface area contributed by atoms with E-state index in [1.807, 2.05) is 30.5 Å². The maximum atomic E-state index is 12.1. The summed E-state index contributed by atoms with van der Waals surface area (Å²) in [6.45, 7) is 1.96. The lowest BCUT2D eigenvalue weighted by atomic mass is 10.1. The Morgan fingerprint density at radius 2 is 2.24 bits per heavy atom. The first-order chi connectivity index (χ1) is 10.3. The fourth-order valence-corrected chi connectivity index (χ4v) is 2.30. The van der Waals surface area contributed by atoms with Gasteiger partial charge in [-0.05, 0) is 18.6 Å². The van der Waals surface area contributed by atoms with Crippen LogP contribution in [0.1, 0.15) is 6.42 Å². The van der Waals surface area contributed by atoms with E-state index in [-0.39, 0.29) is 11.9 Å². The normalized spacial score (nSPS) is 16.5. The SMILES string of the molecule is O=C(NCCCn1ccnn1)C1CNc2ccccc2N1. The summed E-state index contributed by atoms with van der Waals surface area (Å²) in [6.07, 6.45) is 4.28. The van der Waals surface area contributed by atoms with Gasteiger partial charge in [0.1, 0.15) is 6.04 Å². The molecule has 1 atom stereocenters. The Bertz CT molecular complexity index is 597. The molecule has 1 aliphatic heterocycles. The summed E-state index contributed by atoms with van der Waals surface area (Å²) < 4.78 is 1.75. The van der Waals surface area contributed by atoms with E-state index in [9.17, 15) is 4.79 Å². The first-order valence-electron chi connectivity index (χ1n) is 7.04. The number of hydrogen-bond acceptors (Lipinski definition) is 5. The van der Waals surface area contributed by atoms with Gasteiger partial charge in [-0.1, -0.05) is 17.3 Å². The average molecular weight is 286 g/mol. The molecule has 1 unspecified atom stereocenters. The number of aryl methyl sites for hydroxylation is 1. The van der Waals surface area contributed by atoms with Crippen LogP contribution in [0, 0.1) is 0 Å². The second-order valence-corrected chi connectivity index (χ2v) is 4.93. The van der Waals surface area contributed by atoms with Gasteiger partial charge in [-0.3, -0.25) is 9.48 Å². The number of anilines is 2. The Kier molecular flexibility index (Phi) is 3.99. The van der Waals surface area contributed by atoms with Crippen LogP contribution >= 0.6 is 0 Å². The van der Waals surface area contributed by atoms with E-state index < -0.39 is 0 Å². The van der Waals surface area contributed by atoms with Crippen LogP contribution in [0.25, 0.3) is 0 Å². The Labute approximate surface area is 122 Å². The van der Waals surface area contributed by atoms with Crippen LogP contribution in [-0.2, 0) is 11.3 Å². The van der Waals surface area contributed by atoms with Gasteiger partial charge in [0, 0.05) is 25.8 Å². The van der Waals surface area contributed by atoms with Gasteiger partial charge in [0.05, 0.1) is 17.6 Å². The number of para-hydroxylation sites is 2. The van der Waals surface area contributed by atoms with E-state index >= 15 is 0 Å². The van der Waals surface area contributed by atoms with Crippen LogP contribution in [-0.4, -0.2) is 40.0 Å². The molecule has 0 radical (unpaired) electrons. The number of aromatic nitrogens is 3. The van der Waals surface area contributed by atoms with Crippen LogP contribution < -0.4 is 16.0 Å². The predicted molar refractivity (Wildman–Crippen MR) is 80.0 cm³/mol. The van der Waals surface area contributed by atoms with Crippen LogP contribution in [0.3, 0.4) is 0 Å². The highest BCUT2D eigenvalue weighted by molar-refractivity contribution is 5.88. The zero-order valence-corrected chi connectivity index (χ0v) is 11.6. The number of carbonyl (C=O) groups excluding carboxylic acids is 1. The highest BCUT2D eigenvalue weighted by Crippen LogP contribution is 2.24. The third-order valence-electron chi connectivity index (χ3n) is 3.41. The number of hydrogen-bond donors (Lipinski definition) is 3. The predicted octanol–water partition coefficient (Wildman–Crippen LogP) is 0.691. The summed E-state index contributed by atoms with van der Waals surface area (Å²) in [6, 6.07) is 7.64. The van der Waals surface area contributed by atoms with Crippen molar-refractivity contribution in [3.05, 3.63) is 36.7 Å². The summed E-state index contributed by atoms with van der Waals surface area (Å²) in [5.41, 5.74) is 2.00. The summed E-state index contributed by atoms with van der Waals surface area (Å²) in [4.78, 5) is 12.1. The Hall–Kier alpha value is -2.57. The molecule has 7 nitrogen and oxygen atoms in total. The van der Waals surface area contributed by atoms with E-state index in [2.05, 4.69) is 26.3 Å². The smallest absolute Gasteiger partial charge is 0.244 e. The van der Waals surface area contributed by atoms with Gasteiger partial charge >= 0.3 is 0 Å². The van der Waals surface area contributed by atoms with Crippen molar-refractivity contribution in [3.8, 4) is 0 Å². The summed E-state index contributed by atoms with van der Waals surface area (Å²) >= 11 is 0. The van der Waals surface area contributed by atoms with Crippen molar-refractivity contribution in [3.63, 3.8) is 0 Å². The van der Waals surface area contributed by atoms with Gasteiger partial charge in [-0.15, -0.1) is 5.10 Å². The highest BCUT2D eigenvalue weighted by Gasteiger charge is 2.22. The Morgan fingerprint density at radius 3 is 3.05 bits per heavy atom. The molecule has 3 N–H and O–H groups in total. The highest BCUT2D eigenvalue weighted by atomic mass is 16.2. The van der Waals surface area contributed by atoms with E-state index in [4.69, 9.17) is 0 Å². The molecule has 0 fully saturated rings. The molecule has 1 aromatic heterocycles. The maximum Gasteiger partial charge on any atom is 0.244 e. The molecule has 0 saturated carbocycles. The van der Waals surface area contributed by atoms with Gasteiger partial charge in [-0.2, -0.15) is 0 Å². The van der Waals surface area contributed by atoms with Gasteiger partial charge in [0.25, 0.3) is 0 Å². The molecule has 2 heterocycles. The topological polar surface area (TPSA) is 83.9 Å². The molecular formula is C14H18N6O. The Morgan fingerprint density at radius 1 is 1.38 bits per heavy atom. The number of benzene rings is 1. The first kappa shape index (κ1) is 13.4. The molecule has 2 aromatic rings. The van der Waals surface area contributed by atoms with Crippen LogP contribution in [0.4, 0.5) is 11.4 Å². The fraction of sp³-hybridized carbons (Fsp3) is 0.357. The first-order valence-corrected chi connectivity index (χ1v) is 7.04. The third kappa shape index (κ3) is 3.31. The fourth-order valence-electron chi connectivity index (χ4n) is 2.30. The zero-order valence-electron chi connectivity index (χ0n) is 11.6. The average Bonchev–Trinajstić information content (AvgIpc) is 3.04. The molecule has 0 aliphatic carbocycles. The number of nitrogens with one attached hydrogen (secondary N) is 3. The third-order valence-corrected chi connectivity index (χ3v) is 3.41. The lowest BCUT2D eigenvalue weighted by molar-refractivity contribution is -0.121. The second kappa shape index (κ2) is 6.25.